The predicted octanol–water partition coefficient (Wildman–Crippen LogP) is 2.08. The topological polar surface area (TPSA) is 309 Å². The number of carbonyl (C=O) groups is 9. The number of carbonyl (C=O) groups excluding carboxylic acids is 7. The summed E-state index contributed by atoms with van der Waals surface area (Å²) in [6, 6.07) is 9.62. The molecule has 0 aliphatic carbocycles. The third kappa shape index (κ3) is 16.3. The summed E-state index contributed by atoms with van der Waals surface area (Å²) < 4.78 is 4.89. The maximum atomic E-state index is 12.4. The van der Waals surface area contributed by atoms with Crippen molar-refractivity contribution in [2.75, 3.05) is 6.61 Å². The molecule has 4 atom stereocenters. The number of ketones is 1. The number of nitrogens with one attached hydrogen (secondary N) is 6. The SMILES string of the molecule is C[C@H](NC(=O)c1ncc(CCCc2ccccc2)[nH]1)C(=O)N[C@H](C=O)CC(=O)O.C[C@H](NC(=O)c1ncc[nH]1)C(=O)N[C@@H](CC(=O)O)C(=O)COC(=O)c1c(Cl)cccc1Cl. The molecule has 4 amide bonds. The Balaban J connectivity index is 0.000000327. The molecule has 61 heavy (non-hydrogen) atoms. The molecule has 0 radical (unpaired) electrons. The average molecular weight is 886 g/mol. The molecule has 0 aliphatic rings. The smallest absolute Gasteiger partial charge is 0.341 e. The third-order valence-electron chi connectivity index (χ3n) is 8.28. The summed E-state index contributed by atoms with van der Waals surface area (Å²) in [5.74, 6) is -7.16. The number of Topliss-reactive ketones (excluding diaryl/α,β-unsaturated/α-hetero) is 1. The highest BCUT2D eigenvalue weighted by atomic mass is 35.5. The standard InChI is InChI=1S/C20H24N4O5.C19H18Cl2N4O7/c1-13(19(28)24-16(12-25)10-17(26)27)22-20(29)18-21-11-15(23-18)9-5-8-14-6-3-2-4-7-14;1-9(24-18(30)16-22-5-6-23-16)17(29)25-12(7-14(27)28)13(26)8-32-19(31)15-10(20)3-2-4-11(15)21/h2-4,6-7,11-13,16H,5,8-10H2,1H3,(H,21,23)(H,22,29)(H,24,28)(H,26,27);2-6,9,12H,7-8H2,1H3,(H,22,23)(H,24,30)(H,25,29)(H,27,28)/t13-,16-;9-,12-/m00/s1. The van der Waals surface area contributed by atoms with Gasteiger partial charge >= 0.3 is 17.9 Å². The van der Waals surface area contributed by atoms with Crippen molar-refractivity contribution in [3.05, 3.63) is 106 Å². The van der Waals surface area contributed by atoms with Gasteiger partial charge in [0.15, 0.2) is 24.0 Å². The van der Waals surface area contributed by atoms with Crippen molar-refractivity contribution < 1.29 is 58.1 Å². The van der Waals surface area contributed by atoms with Crippen LogP contribution in [0.5, 0.6) is 0 Å². The molecule has 8 N–H and O–H groups in total. The van der Waals surface area contributed by atoms with E-state index < -0.39 is 90.9 Å². The number of amides is 4. The lowest BCUT2D eigenvalue weighted by atomic mass is 10.1. The van der Waals surface area contributed by atoms with E-state index in [-0.39, 0.29) is 27.3 Å². The first-order valence-electron chi connectivity index (χ1n) is 18.3. The second-order valence-electron chi connectivity index (χ2n) is 13.1. The summed E-state index contributed by atoms with van der Waals surface area (Å²) in [6.07, 6.45) is 5.91. The van der Waals surface area contributed by atoms with Crippen molar-refractivity contribution in [2.45, 2.75) is 70.1 Å². The van der Waals surface area contributed by atoms with Crippen LogP contribution in [0.15, 0.2) is 67.1 Å². The summed E-state index contributed by atoms with van der Waals surface area (Å²) in [4.78, 5) is 119. The summed E-state index contributed by atoms with van der Waals surface area (Å²) in [6.45, 7) is 1.92. The van der Waals surface area contributed by atoms with Gasteiger partial charge in [-0.2, -0.15) is 0 Å². The normalized spacial score (nSPS) is 12.5. The summed E-state index contributed by atoms with van der Waals surface area (Å²) in [7, 11) is 0. The molecule has 2 aromatic heterocycles. The Bertz CT molecular complexity index is 2160. The number of aliphatic carboxylic acids is 2. The maximum Gasteiger partial charge on any atom is 0.341 e. The number of carboxylic acids is 2. The van der Waals surface area contributed by atoms with Gasteiger partial charge in [0, 0.05) is 24.3 Å². The van der Waals surface area contributed by atoms with Crippen LogP contribution in [0.1, 0.15) is 76.0 Å². The van der Waals surface area contributed by atoms with Crippen LogP contribution in [0.3, 0.4) is 0 Å². The molecular weight excluding hydrogens is 843 g/mol. The lowest BCUT2D eigenvalue weighted by Gasteiger charge is -2.19. The highest BCUT2D eigenvalue weighted by molar-refractivity contribution is 6.39. The van der Waals surface area contributed by atoms with E-state index in [2.05, 4.69) is 53.3 Å². The number of nitrogens with zero attached hydrogens (tertiary/aromatic N) is 2. The van der Waals surface area contributed by atoms with E-state index in [1.807, 2.05) is 18.2 Å². The number of halogens is 2. The van der Waals surface area contributed by atoms with Crippen molar-refractivity contribution in [1.29, 1.82) is 0 Å². The van der Waals surface area contributed by atoms with Crippen molar-refractivity contribution in [3.63, 3.8) is 0 Å². The summed E-state index contributed by atoms with van der Waals surface area (Å²) in [5, 5.41) is 27.1. The molecule has 0 saturated heterocycles. The maximum absolute atomic E-state index is 12.4. The summed E-state index contributed by atoms with van der Waals surface area (Å²) >= 11 is 11.8. The number of H-pyrrole nitrogens is 2. The van der Waals surface area contributed by atoms with Crippen LogP contribution in [0.2, 0.25) is 10.0 Å². The van der Waals surface area contributed by atoms with E-state index >= 15 is 0 Å². The van der Waals surface area contributed by atoms with Crippen LogP contribution in [-0.2, 0) is 46.3 Å². The Morgan fingerprint density at radius 1 is 0.770 bits per heavy atom. The molecule has 22 heteroatoms. The van der Waals surface area contributed by atoms with E-state index in [0.29, 0.717) is 6.29 Å². The van der Waals surface area contributed by atoms with Gasteiger partial charge in [-0.25, -0.2) is 14.8 Å². The minimum atomic E-state index is -1.52. The zero-order valence-electron chi connectivity index (χ0n) is 32.6. The summed E-state index contributed by atoms with van der Waals surface area (Å²) in [5.41, 5.74) is 1.89. The number of benzene rings is 2. The molecule has 0 spiro atoms. The number of aldehydes is 1. The van der Waals surface area contributed by atoms with Crippen LogP contribution in [0.4, 0.5) is 0 Å². The minimum absolute atomic E-state index is 0.00598. The van der Waals surface area contributed by atoms with E-state index in [1.54, 1.807) is 6.20 Å². The fraction of sp³-hybridized carbons (Fsp3) is 0.308. The molecule has 0 saturated carbocycles. The van der Waals surface area contributed by atoms with Crippen LogP contribution < -0.4 is 21.3 Å². The number of esters is 1. The Morgan fingerprint density at radius 3 is 1.95 bits per heavy atom. The highest BCUT2D eigenvalue weighted by Crippen LogP contribution is 2.25. The van der Waals surface area contributed by atoms with Crippen LogP contribution in [0.25, 0.3) is 0 Å². The Hall–Kier alpha value is -6.93. The van der Waals surface area contributed by atoms with Gasteiger partial charge in [0.1, 0.15) is 24.4 Å². The number of carboxylic acid groups (broad SMARTS) is 2. The van der Waals surface area contributed by atoms with Gasteiger partial charge < -0.3 is 51.0 Å². The molecule has 4 rings (SSSR count). The van der Waals surface area contributed by atoms with Crippen molar-refractivity contribution in [3.8, 4) is 0 Å². The molecule has 0 bridgehead atoms. The van der Waals surface area contributed by atoms with E-state index in [1.165, 1.54) is 50.0 Å². The zero-order valence-corrected chi connectivity index (χ0v) is 34.1. The van der Waals surface area contributed by atoms with E-state index in [9.17, 15) is 43.2 Å². The van der Waals surface area contributed by atoms with Gasteiger partial charge in [-0.3, -0.25) is 33.6 Å². The van der Waals surface area contributed by atoms with Gasteiger partial charge in [0.25, 0.3) is 11.8 Å². The van der Waals surface area contributed by atoms with Crippen LogP contribution >= 0.6 is 23.2 Å². The molecular formula is C39H42Cl2N8O12. The first-order chi connectivity index (χ1) is 29.0. The second kappa shape index (κ2) is 24.2. The monoisotopic (exact) mass is 884 g/mol. The average Bonchev–Trinajstić information content (AvgIpc) is 3.93. The van der Waals surface area contributed by atoms with Gasteiger partial charge in [-0.1, -0.05) is 59.6 Å². The third-order valence-corrected chi connectivity index (χ3v) is 8.91. The number of aryl methyl sites for hydroxylation is 2. The van der Waals surface area contributed by atoms with Gasteiger partial charge in [-0.15, -0.1) is 0 Å². The molecule has 20 nitrogen and oxygen atoms in total. The fourth-order valence-corrected chi connectivity index (χ4v) is 5.68. The second-order valence-corrected chi connectivity index (χ2v) is 13.9. The Morgan fingerprint density at radius 2 is 1.38 bits per heavy atom. The lowest BCUT2D eigenvalue weighted by molar-refractivity contribution is -0.141. The first kappa shape index (κ1) is 48.4. The number of ether oxygens (including phenoxy) is 1. The van der Waals surface area contributed by atoms with Crippen molar-refractivity contribution in [2.24, 2.45) is 0 Å². The minimum Gasteiger partial charge on any atom is -0.481 e. The molecule has 0 aliphatic heterocycles. The molecule has 0 unspecified atom stereocenters. The first-order valence-corrected chi connectivity index (χ1v) is 19.1. The molecule has 4 aromatic rings. The highest BCUT2D eigenvalue weighted by Gasteiger charge is 2.29. The zero-order chi connectivity index (χ0) is 45.1. The van der Waals surface area contributed by atoms with E-state index in [4.69, 9.17) is 38.2 Å². The van der Waals surface area contributed by atoms with Gasteiger partial charge in [-0.05, 0) is 50.8 Å². The molecule has 0 fully saturated rings. The molecule has 2 heterocycles. The number of aromatic amines is 2. The number of rotatable bonds is 21. The fourth-order valence-electron chi connectivity index (χ4n) is 5.13. The predicted molar refractivity (Wildman–Crippen MR) is 216 cm³/mol. The van der Waals surface area contributed by atoms with Gasteiger partial charge in [0.05, 0.1) is 34.5 Å². The molecule has 324 valence electrons. The lowest BCUT2D eigenvalue weighted by Crippen LogP contribution is -2.51. The number of aromatic nitrogens is 4. The Labute approximate surface area is 357 Å². The largest absolute Gasteiger partial charge is 0.481 e. The molecule has 2 aromatic carbocycles. The number of imidazole rings is 2. The van der Waals surface area contributed by atoms with Crippen molar-refractivity contribution >= 4 is 76.8 Å². The van der Waals surface area contributed by atoms with Crippen LogP contribution in [-0.4, -0.2) is 115 Å². The number of hydrogen-bond acceptors (Lipinski definition) is 12. The van der Waals surface area contributed by atoms with Crippen LogP contribution in [0, 0.1) is 0 Å². The van der Waals surface area contributed by atoms with Gasteiger partial charge in [0.2, 0.25) is 11.8 Å². The van der Waals surface area contributed by atoms with Crippen molar-refractivity contribution in [1.82, 2.24) is 41.2 Å². The number of hydrogen-bond donors (Lipinski definition) is 8. The Kier molecular flexibility index (Phi) is 19.2. The van der Waals surface area contributed by atoms with E-state index in [0.717, 1.165) is 25.0 Å². The quantitative estimate of drug-likeness (QED) is 0.0439.